The lowest BCUT2D eigenvalue weighted by Crippen LogP contribution is -2.46. The highest BCUT2D eigenvalue weighted by molar-refractivity contribution is 7.09. The van der Waals surface area contributed by atoms with Gasteiger partial charge in [0.15, 0.2) is 0 Å². The molecule has 1 saturated heterocycles. The van der Waals surface area contributed by atoms with E-state index in [9.17, 15) is 0 Å². The molecule has 2 N–H and O–H groups in total. The monoisotopic (exact) mass is 227 g/mol. The van der Waals surface area contributed by atoms with Crippen LogP contribution < -0.4 is 5.73 Å². The van der Waals surface area contributed by atoms with Gasteiger partial charge in [0.1, 0.15) is 5.01 Å². The van der Waals surface area contributed by atoms with Gasteiger partial charge in [0, 0.05) is 31.2 Å². The average molecular weight is 227 g/mol. The molecule has 0 radical (unpaired) electrons. The van der Waals surface area contributed by atoms with E-state index in [0.717, 1.165) is 19.7 Å². The third kappa shape index (κ3) is 2.55. The predicted octanol–water partition coefficient (Wildman–Crippen LogP) is 0.864. The van der Waals surface area contributed by atoms with Crippen LogP contribution in [0, 0.1) is 0 Å². The predicted molar refractivity (Wildman–Crippen MR) is 60.9 cm³/mol. The number of hydrogen-bond donors (Lipinski definition) is 1. The summed E-state index contributed by atoms with van der Waals surface area (Å²) in [7, 11) is 0. The molecule has 0 saturated carbocycles. The maximum Gasteiger partial charge on any atom is 0.109 e. The van der Waals surface area contributed by atoms with E-state index >= 15 is 0 Å². The molecule has 0 aliphatic carbocycles. The Kier molecular flexibility index (Phi) is 3.69. The molecule has 1 fully saturated rings. The third-order valence-corrected chi connectivity index (χ3v) is 3.74. The minimum absolute atomic E-state index is 0.182. The van der Waals surface area contributed by atoms with Crippen LogP contribution in [0.15, 0.2) is 11.6 Å². The van der Waals surface area contributed by atoms with Crippen molar-refractivity contribution in [1.82, 2.24) is 9.88 Å². The molecule has 5 heteroatoms. The molecule has 4 nitrogen and oxygen atoms in total. The van der Waals surface area contributed by atoms with Crippen molar-refractivity contribution in [1.29, 1.82) is 0 Å². The van der Waals surface area contributed by atoms with E-state index in [-0.39, 0.29) is 6.10 Å². The van der Waals surface area contributed by atoms with Crippen molar-refractivity contribution < 1.29 is 4.74 Å². The lowest BCUT2D eigenvalue weighted by Gasteiger charge is -2.35. The zero-order valence-electron chi connectivity index (χ0n) is 8.93. The van der Waals surface area contributed by atoms with Crippen molar-refractivity contribution >= 4 is 11.3 Å². The van der Waals surface area contributed by atoms with Crippen molar-refractivity contribution in [2.45, 2.75) is 19.1 Å². The smallest absolute Gasteiger partial charge is 0.109 e. The van der Waals surface area contributed by atoms with Crippen molar-refractivity contribution in [3.05, 3.63) is 16.6 Å². The molecule has 0 spiro atoms. The average Bonchev–Trinajstić information content (AvgIpc) is 2.81. The number of rotatable bonds is 3. The number of hydrogen-bond acceptors (Lipinski definition) is 5. The van der Waals surface area contributed by atoms with Gasteiger partial charge < -0.3 is 10.5 Å². The normalized spacial score (nSPS) is 25.3. The SMILES string of the molecule is CC(c1nccs1)N1CCOC(CN)C1. The first-order valence-electron chi connectivity index (χ1n) is 5.26. The van der Waals surface area contributed by atoms with Crippen molar-refractivity contribution in [2.75, 3.05) is 26.2 Å². The Hall–Kier alpha value is -0.490. The van der Waals surface area contributed by atoms with Gasteiger partial charge in [0.2, 0.25) is 0 Å². The number of ether oxygens (including phenoxy) is 1. The fourth-order valence-corrected chi connectivity index (χ4v) is 2.56. The number of nitrogens with two attached hydrogens (primary N) is 1. The fourth-order valence-electron chi connectivity index (χ4n) is 1.83. The molecule has 1 aromatic heterocycles. The molecule has 2 heterocycles. The highest BCUT2D eigenvalue weighted by Gasteiger charge is 2.24. The Morgan fingerprint density at radius 2 is 2.67 bits per heavy atom. The molecule has 2 atom stereocenters. The van der Waals surface area contributed by atoms with E-state index in [2.05, 4.69) is 16.8 Å². The first kappa shape index (κ1) is 11.0. The Balaban J connectivity index is 1.98. The Morgan fingerprint density at radius 3 is 3.33 bits per heavy atom. The quantitative estimate of drug-likeness (QED) is 0.832. The van der Waals surface area contributed by atoms with Gasteiger partial charge in [0.05, 0.1) is 18.8 Å². The van der Waals surface area contributed by atoms with E-state index in [1.165, 1.54) is 5.01 Å². The summed E-state index contributed by atoms with van der Waals surface area (Å²) in [5.74, 6) is 0. The van der Waals surface area contributed by atoms with Crippen LogP contribution in [0.2, 0.25) is 0 Å². The fraction of sp³-hybridized carbons (Fsp3) is 0.700. The maximum absolute atomic E-state index is 5.62. The first-order valence-corrected chi connectivity index (χ1v) is 6.14. The maximum atomic E-state index is 5.62. The zero-order valence-corrected chi connectivity index (χ0v) is 9.74. The van der Waals surface area contributed by atoms with Gasteiger partial charge in [-0.2, -0.15) is 0 Å². The van der Waals surface area contributed by atoms with Gasteiger partial charge in [0.25, 0.3) is 0 Å². The van der Waals surface area contributed by atoms with Crippen LogP contribution in [-0.2, 0) is 4.74 Å². The van der Waals surface area contributed by atoms with Crippen LogP contribution in [0.25, 0.3) is 0 Å². The van der Waals surface area contributed by atoms with Gasteiger partial charge in [-0.25, -0.2) is 4.98 Å². The molecule has 0 amide bonds. The lowest BCUT2D eigenvalue weighted by molar-refractivity contribution is -0.0364. The van der Waals surface area contributed by atoms with Crippen LogP contribution in [0.1, 0.15) is 18.0 Å². The minimum Gasteiger partial charge on any atom is -0.374 e. The van der Waals surface area contributed by atoms with E-state index in [0.29, 0.717) is 12.6 Å². The van der Waals surface area contributed by atoms with Crippen LogP contribution >= 0.6 is 11.3 Å². The van der Waals surface area contributed by atoms with Crippen LogP contribution in [-0.4, -0.2) is 42.2 Å². The highest BCUT2D eigenvalue weighted by atomic mass is 32.1. The summed E-state index contributed by atoms with van der Waals surface area (Å²) in [5.41, 5.74) is 5.62. The molecule has 84 valence electrons. The summed E-state index contributed by atoms with van der Waals surface area (Å²) in [6.07, 6.45) is 2.04. The van der Waals surface area contributed by atoms with Gasteiger partial charge >= 0.3 is 0 Å². The third-order valence-electron chi connectivity index (χ3n) is 2.79. The van der Waals surface area contributed by atoms with Crippen molar-refractivity contribution in [3.8, 4) is 0 Å². The summed E-state index contributed by atoms with van der Waals surface area (Å²) in [5, 5.41) is 3.19. The Morgan fingerprint density at radius 1 is 1.80 bits per heavy atom. The first-order chi connectivity index (χ1) is 7.31. The number of nitrogens with zero attached hydrogens (tertiary/aromatic N) is 2. The molecule has 1 aliphatic rings. The standard InChI is InChI=1S/C10H17N3OS/c1-8(10-12-2-5-15-10)13-3-4-14-9(6-11)7-13/h2,5,8-9H,3-4,6-7,11H2,1H3. The summed E-state index contributed by atoms with van der Waals surface area (Å²) in [6, 6.07) is 0.378. The minimum atomic E-state index is 0.182. The zero-order chi connectivity index (χ0) is 10.7. The molecule has 0 bridgehead atoms. The summed E-state index contributed by atoms with van der Waals surface area (Å²) >= 11 is 1.71. The topological polar surface area (TPSA) is 51.4 Å². The largest absolute Gasteiger partial charge is 0.374 e. The van der Waals surface area contributed by atoms with Crippen molar-refractivity contribution in [2.24, 2.45) is 5.73 Å². The number of thiazole rings is 1. The van der Waals surface area contributed by atoms with E-state index in [1.807, 2.05) is 11.6 Å². The second-order valence-electron chi connectivity index (χ2n) is 3.77. The van der Waals surface area contributed by atoms with Gasteiger partial charge in [-0.05, 0) is 6.92 Å². The number of morpholine rings is 1. The number of aromatic nitrogens is 1. The Bertz CT molecular complexity index is 291. The lowest BCUT2D eigenvalue weighted by atomic mass is 10.2. The molecular formula is C10H17N3OS. The van der Waals surface area contributed by atoms with E-state index < -0.39 is 0 Å². The summed E-state index contributed by atoms with van der Waals surface area (Å²) in [4.78, 5) is 6.74. The molecule has 1 aliphatic heterocycles. The Labute approximate surface area is 94.1 Å². The van der Waals surface area contributed by atoms with Crippen molar-refractivity contribution in [3.63, 3.8) is 0 Å². The second-order valence-corrected chi connectivity index (χ2v) is 4.70. The van der Waals surface area contributed by atoms with Gasteiger partial charge in [-0.3, -0.25) is 4.90 Å². The van der Waals surface area contributed by atoms with Crippen LogP contribution in [0.4, 0.5) is 0 Å². The summed E-state index contributed by atoms with van der Waals surface area (Å²) < 4.78 is 5.54. The molecule has 2 rings (SSSR count). The highest BCUT2D eigenvalue weighted by Crippen LogP contribution is 2.23. The van der Waals surface area contributed by atoms with E-state index in [4.69, 9.17) is 10.5 Å². The second kappa shape index (κ2) is 5.03. The molecule has 15 heavy (non-hydrogen) atoms. The van der Waals surface area contributed by atoms with Crippen LogP contribution in [0.3, 0.4) is 0 Å². The molecule has 1 aromatic rings. The molecular weight excluding hydrogens is 210 g/mol. The van der Waals surface area contributed by atoms with E-state index in [1.54, 1.807) is 11.3 Å². The molecule has 0 aromatic carbocycles. The molecule has 2 unspecified atom stereocenters. The van der Waals surface area contributed by atoms with Gasteiger partial charge in [-0.15, -0.1) is 11.3 Å². The van der Waals surface area contributed by atoms with Crippen LogP contribution in [0.5, 0.6) is 0 Å². The summed E-state index contributed by atoms with van der Waals surface area (Å²) in [6.45, 7) is 5.45. The van der Waals surface area contributed by atoms with Gasteiger partial charge in [-0.1, -0.05) is 0 Å².